The number of aromatic nitrogens is 1. The van der Waals surface area contributed by atoms with Crippen LogP contribution in [0.1, 0.15) is 35.7 Å². The van der Waals surface area contributed by atoms with Crippen LogP contribution < -0.4 is 5.73 Å². The third kappa shape index (κ3) is 4.08. The van der Waals surface area contributed by atoms with Crippen LogP contribution in [-0.4, -0.2) is 52.4 Å². The topological polar surface area (TPSA) is 116 Å². The number of benzene rings is 2. The van der Waals surface area contributed by atoms with E-state index in [0.717, 1.165) is 12.8 Å². The number of quaternary nitrogens is 1. The van der Waals surface area contributed by atoms with Gasteiger partial charge in [0.15, 0.2) is 11.8 Å². The van der Waals surface area contributed by atoms with E-state index >= 15 is 0 Å². The van der Waals surface area contributed by atoms with Crippen molar-refractivity contribution in [3.05, 3.63) is 87.7 Å². The van der Waals surface area contributed by atoms with Gasteiger partial charge in [-0.3, -0.25) is 4.79 Å². The van der Waals surface area contributed by atoms with E-state index in [1.165, 1.54) is 6.26 Å². The summed E-state index contributed by atoms with van der Waals surface area (Å²) in [6.07, 6.45) is 2.32. The fourth-order valence-corrected chi connectivity index (χ4v) is 6.36. The molecule has 4 heterocycles. The molecule has 36 heavy (non-hydrogen) atoms. The zero-order valence-corrected chi connectivity index (χ0v) is 20.9. The number of fused-ring (bicyclic) bond motifs is 3. The van der Waals surface area contributed by atoms with Crippen LogP contribution in [0.25, 0.3) is 0 Å². The first-order chi connectivity index (χ1) is 17.3. The molecule has 3 N–H and O–H groups in total. The molecule has 2 aromatic carbocycles. The van der Waals surface area contributed by atoms with E-state index < -0.39 is 29.6 Å². The largest absolute Gasteiger partial charge is 0.453 e. The Balaban J connectivity index is 1.50. The predicted octanol–water partition coefficient (Wildman–Crippen LogP) is 3.60. The molecule has 0 saturated carbocycles. The summed E-state index contributed by atoms with van der Waals surface area (Å²) in [6, 6.07) is 14.0. The van der Waals surface area contributed by atoms with Crippen molar-refractivity contribution in [1.82, 2.24) is 5.16 Å². The number of aliphatic hydroxyl groups is 1. The summed E-state index contributed by atoms with van der Waals surface area (Å²) in [6.45, 7) is 1.74. The number of hydrogen-bond donors (Lipinski definition) is 2. The van der Waals surface area contributed by atoms with E-state index in [9.17, 15) is 14.7 Å². The molecule has 3 fully saturated rings. The van der Waals surface area contributed by atoms with Crippen molar-refractivity contribution in [3.8, 4) is 0 Å². The molecule has 3 saturated heterocycles. The number of hydrogen-bond acceptors (Lipinski definition) is 6. The van der Waals surface area contributed by atoms with Crippen LogP contribution in [0.4, 0.5) is 0 Å². The molecule has 1 unspecified atom stereocenters. The zero-order valence-electron chi connectivity index (χ0n) is 19.3. The van der Waals surface area contributed by atoms with Crippen molar-refractivity contribution < 1.29 is 28.4 Å². The lowest BCUT2D eigenvalue weighted by Gasteiger charge is -2.54. The normalized spacial score (nSPS) is 24.3. The summed E-state index contributed by atoms with van der Waals surface area (Å²) in [4.78, 5) is 26.4. The summed E-state index contributed by atoms with van der Waals surface area (Å²) in [5.74, 6) is -1.31. The van der Waals surface area contributed by atoms with Crippen molar-refractivity contribution in [2.24, 2.45) is 11.7 Å². The highest BCUT2D eigenvalue weighted by Gasteiger charge is 2.56. The van der Waals surface area contributed by atoms with E-state index in [1.807, 2.05) is 0 Å². The Hall–Kier alpha value is -2.91. The number of piperidine rings is 3. The summed E-state index contributed by atoms with van der Waals surface area (Å²) in [7, 11) is 0. The number of halogens is 2. The summed E-state index contributed by atoms with van der Waals surface area (Å²) >= 11 is 12.9. The standard InChI is InChI=1S/C26H25Cl2N3O5/c27-19-7-3-1-5-17(19)26(34,18-6-2-4-8-20(18)28)25(33)36-22-15-31(12-9-16(22)10-13-31)23(24(29)32)21-11-14-35-30-21/h1-8,11,14,16,22-23,34H,9-10,12-13,15H2,(H-,29,32)/p+1/t16?,22-,23?,31?/m0/s1. The van der Waals surface area contributed by atoms with Crippen LogP contribution >= 0.6 is 23.2 Å². The molecule has 1 amide bonds. The van der Waals surface area contributed by atoms with Gasteiger partial charge in [-0.05, 0) is 12.1 Å². The van der Waals surface area contributed by atoms with Gasteiger partial charge in [-0.15, -0.1) is 0 Å². The maximum absolute atomic E-state index is 13.8. The van der Waals surface area contributed by atoms with Gasteiger partial charge >= 0.3 is 5.97 Å². The number of rotatable bonds is 7. The van der Waals surface area contributed by atoms with Gasteiger partial charge in [0.05, 0.1) is 13.1 Å². The molecule has 6 rings (SSSR count). The van der Waals surface area contributed by atoms with E-state index in [1.54, 1.807) is 54.6 Å². The SMILES string of the molecule is NC(=O)C(c1ccon1)[N+]12CCC(CC1)[C@@H](OC(=O)C(O)(c1ccccc1Cl)c1ccccc1Cl)C2. The minimum absolute atomic E-state index is 0.0847. The Labute approximate surface area is 218 Å². The lowest BCUT2D eigenvalue weighted by Crippen LogP contribution is -2.67. The molecular weight excluding hydrogens is 505 g/mol. The summed E-state index contributed by atoms with van der Waals surface area (Å²) in [5, 5.41) is 16.3. The average molecular weight is 531 g/mol. The minimum atomic E-state index is -2.23. The lowest BCUT2D eigenvalue weighted by molar-refractivity contribution is -0.965. The first-order valence-corrected chi connectivity index (χ1v) is 12.5. The van der Waals surface area contributed by atoms with Crippen molar-refractivity contribution in [1.29, 1.82) is 0 Å². The highest BCUT2D eigenvalue weighted by atomic mass is 35.5. The molecular formula is C26H26Cl2N3O5+. The van der Waals surface area contributed by atoms with E-state index in [0.29, 0.717) is 29.8 Å². The fraction of sp³-hybridized carbons (Fsp3) is 0.346. The van der Waals surface area contributed by atoms with Crippen molar-refractivity contribution >= 4 is 35.1 Å². The molecule has 10 heteroatoms. The average Bonchev–Trinajstić information content (AvgIpc) is 3.38. The molecule has 1 aromatic heterocycles. The number of amides is 1. The Morgan fingerprint density at radius 3 is 2.14 bits per heavy atom. The Bertz CT molecular complexity index is 1230. The first-order valence-electron chi connectivity index (χ1n) is 11.7. The molecule has 3 aliphatic rings. The van der Waals surface area contributed by atoms with Gasteiger partial charge in [0.2, 0.25) is 11.6 Å². The van der Waals surface area contributed by atoms with Gasteiger partial charge in [0.1, 0.15) is 12.8 Å². The second-order valence-corrected chi connectivity index (χ2v) is 10.3. The van der Waals surface area contributed by atoms with Crippen LogP contribution in [0, 0.1) is 5.92 Å². The molecule has 3 aromatic rings. The molecule has 0 radical (unpaired) electrons. The zero-order chi connectivity index (χ0) is 25.5. The number of carbonyl (C=O) groups excluding carboxylic acids is 2. The first kappa shape index (κ1) is 24.8. The van der Waals surface area contributed by atoms with Gasteiger partial charge in [0.25, 0.3) is 5.91 Å². The quantitative estimate of drug-likeness (QED) is 0.356. The van der Waals surface area contributed by atoms with E-state index in [4.69, 9.17) is 38.2 Å². The van der Waals surface area contributed by atoms with Gasteiger partial charge in [-0.2, -0.15) is 0 Å². The van der Waals surface area contributed by atoms with Crippen LogP contribution in [0.15, 0.2) is 65.4 Å². The Morgan fingerprint density at radius 2 is 1.64 bits per heavy atom. The molecule has 2 atom stereocenters. The third-order valence-electron chi connectivity index (χ3n) is 7.60. The maximum Gasteiger partial charge on any atom is 0.348 e. The second-order valence-electron chi connectivity index (χ2n) is 9.53. The smallest absolute Gasteiger partial charge is 0.348 e. The number of nitrogens with zero attached hydrogens (tertiary/aromatic N) is 2. The highest BCUT2D eigenvalue weighted by Crippen LogP contribution is 2.44. The maximum atomic E-state index is 13.8. The van der Waals surface area contributed by atoms with Crippen molar-refractivity contribution in [2.75, 3.05) is 19.6 Å². The molecule has 2 bridgehead atoms. The third-order valence-corrected chi connectivity index (χ3v) is 8.26. The molecule has 3 aliphatic heterocycles. The molecule has 0 aliphatic carbocycles. The Kier molecular flexibility index (Phi) is 6.55. The number of primary amides is 1. The van der Waals surface area contributed by atoms with Crippen LogP contribution in [0.2, 0.25) is 10.0 Å². The summed E-state index contributed by atoms with van der Waals surface area (Å²) in [5.41, 5.74) is 4.39. The lowest BCUT2D eigenvalue weighted by atomic mass is 9.80. The molecule has 0 spiro atoms. The van der Waals surface area contributed by atoms with Gasteiger partial charge < -0.3 is 24.6 Å². The predicted molar refractivity (Wildman–Crippen MR) is 132 cm³/mol. The van der Waals surface area contributed by atoms with Gasteiger partial charge in [0, 0.05) is 46.0 Å². The van der Waals surface area contributed by atoms with Crippen LogP contribution in [0.3, 0.4) is 0 Å². The minimum Gasteiger partial charge on any atom is -0.453 e. The monoisotopic (exact) mass is 530 g/mol. The van der Waals surface area contributed by atoms with Crippen molar-refractivity contribution in [2.45, 2.75) is 30.6 Å². The second kappa shape index (κ2) is 9.52. The number of esters is 1. The van der Waals surface area contributed by atoms with Gasteiger partial charge in [-0.25, -0.2) is 4.79 Å². The summed E-state index contributed by atoms with van der Waals surface area (Å²) < 4.78 is 11.4. The van der Waals surface area contributed by atoms with E-state index in [2.05, 4.69) is 5.16 Å². The Morgan fingerprint density at radius 1 is 1.06 bits per heavy atom. The van der Waals surface area contributed by atoms with Crippen LogP contribution in [0.5, 0.6) is 0 Å². The molecule has 188 valence electrons. The molecule has 8 nitrogen and oxygen atoms in total. The fourth-order valence-electron chi connectivity index (χ4n) is 5.82. The van der Waals surface area contributed by atoms with Crippen molar-refractivity contribution in [3.63, 3.8) is 0 Å². The number of carbonyl (C=O) groups is 2. The number of nitrogens with two attached hydrogens (primary N) is 1. The van der Waals surface area contributed by atoms with Crippen LogP contribution in [-0.2, 0) is 19.9 Å². The van der Waals surface area contributed by atoms with E-state index in [-0.39, 0.29) is 27.1 Å². The van der Waals surface area contributed by atoms with Gasteiger partial charge in [-0.1, -0.05) is 64.8 Å². The highest BCUT2D eigenvalue weighted by molar-refractivity contribution is 6.33. The number of ether oxygens (including phenoxy) is 1.